The Kier molecular flexibility index (Phi) is 6.72. The van der Waals surface area contributed by atoms with Crippen LogP contribution in [0.5, 0.6) is 5.75 Å². The van der Waals surface area contributed by atoms with E-state index in [4.69, 9.17) is 0 Å². The third-order valence-corrected chi connectivity index (χ3v) is 3.16. The number of rotatable bonds is 6. The van der Waals surface area contributed by atoms with Crippen LogP contribution in [-0.2, 0) is 9.59 Å². The van der Waals surface area contributed by atoms with Gasteiger partial charge in [0.25, 0.3) is 0 Å². The number of hydrogen-bond donors (Lipinski definition) is 2. The Hall–Kier alpha value is -2.04. The largest absolute Gasteiger partial charge is 0.506 e. The Morgan fingerprint density at radius 1 is 1.19 bits per heavy atom. The van der Waals surface area contributed by atoms with E-state index >= 15 is 0 Å². The Bertz CT molecular complexity index is 500. The van der Waals surface area contributed by atoms with Crippen LogP contribution in [0.15, 0.2) is 18.2 Å². The molecule has 0 radical (unpaired) electrons. The first-order chi connectivity index (χ1) is 9.99. The summed E-state index contributed by atoms with van der Waals surface area (Å²) in [6, 6.07) is 4.90. The first kappa shape index (κ1) is 17.0. The molecule has 0 aliphatic heterocycles. The monoisotopic (exact) mass is 292 g/mol. The van der Waals surface area contributed by atoms with Crippen molar-refractivity contribution < 1.29 is 14.7 Å². The molecule has 0 atom stereocenters. The highest BCUT2D eigenvalue weighted by Gasteiger charge is 2.21. The van der Waals surface area contributed by atoms with E-state index < -0.39 is 11.8 Å². The van der Waals surface area contributed by atoms with Crippen molar-refractivity contribution in [1.29, 1.82) is 0 Å². The van der Waals surface area contributed by atoms with Gasteiger partial charge in [-0.25, -0.2) is 0 Å². The Morgan fingerprint density at radius 2 is 1.90 bits per heavy atom. The molecule has 1 aromatic rings. The average molecular weight is 292 g/mol. The minimum absolute atomic E-state index is 0.0354. The summed E-state index contributed by atoms with van der Waals surface area (Å²) in [6.45, 7) is 6.99. The van der Waals surface area contributed by atoms with Crippen molar-refractivity contribution in [3.05, 3.63) is 23.8 Å². The fourth-order valence-electron chi connectivity index (χ4n) is 2.00. The van der Waals surface area contributed by atoms with E-state index in [1.807, 2.05) is 20.8 Å². The molecule has 5 nitrogen and oxygen atoms in total. The van der Waals surface area contributed by atoms with Crippen molar-refractivity contribution in [3.63, 3.8) is 0 Å². The van der Waals surface area contributed by atoms with Gasteiger partial charge in [0.05, 0.1) is 5.69 Å². The number of carbonyl (C=O) groups is 2. The maximum absolute atomic E-state index is 12.2. The number of nitrogens with one attached hydrogen (secondary N) is 1. The normalized spacial score (nSPS) is 10.2. The standard InChI is InChI=1S/C16H24N2O3/c1-4-6-10-18(9-5-2)16(21)15(20)17-13-8-7-12(3)11-14(13)19/h7-8,11,19H,4-6,9-10H2,1-3H3,(H,17,20). The van der Waals surface area contributed by atoms with E-state index in [2.05, 4.69) is 5.32 Å². The molecule has 0 aromatic heterocycles. The number of phenolic OH excluding ortho intramolecular Hbond substituents is 1. The van der Waals surface area contributed by atoms with Gasteiger partial charge in [-0.05, 0) is 37.5 Å². The maximum atomic E-state index is 12.2. The second kappa shape index (κ2) is 8.29. The van der Waals surface area contributed by atoms with E-state index in [9.17, 15) is 14.7 Å². The van der Waals surface area contributed by atoms with Gasteiger partial charge in [-0.1, -0.05) is 26.3 Å². The summed E-state index contributed by atoms with van der Waals surface area (Å²) >= 11 is 0. The molecule has 0 saturated carbocycles. The maximum Gasteiger partial charge on any atom is 0.314 e. The highest BCUT2D eigenvalue weighted by molar-refractivity contribution is 6.39. The number of aryl methyl sites for hydroxylation is 1. The molecule has 0 fully saturated rings. The van der Waals surface area contributed by atoms with Crippen molar-refractivity contribution in [3.8, 4) is 5.75 Å². The zero-order valence-electron chi connectivity index (χ0n) is 13.0. The van der Waals surface area contributed by atoms with Gasteiger partial charge in [0.15, 0.2) is 0 Å². The fourth-order valence-corrected chi connectivity index (χ4v) is 2.00. The highest BCUT2D eigenvalue weighted by atomic mass is 16.3. The Labute approximate surface area is 126 Å². The number of phenols is 1. The number of benzene rings is 1. The van der Waals surface area contributed by atoms with E-state index in [1.165, 1.54) is 0 Å². The molecule has 1 rings (SSSR count). The molecule has 2 amide bonds. The van der Waals surface area contributed by atoms with Crippen molar-refractivity contribution in [2.45, 2.75) is 40.0 Å². The number of anilines is 1. The molecular weight excluding hydrogens is 268 g/mol. The molecule has 21 heavy (non-hydrogen) atoms. The van der Waals surface area contributed by atoms with Gasteiger partial charge in [-0.2, -0.15) is 0 Å². The third kappa shape index (κ3) is 5.10. The van der Waals surface area contributed by atoms with Gasteiger partial charge in [-0.15, -0.1) is 0 Å². The summed E-state index contributed by atoms with van der Waals surface area (Å²) in [6.07, 6.45) is 2.64. The second-order valence-electron chi connectivity index (χ2n) is 5.12. The van der Waals surface area contributed by atoms with Crippen molar-refractivity contribution in [2.24, 2.45) is 0 Å². The summed E-state index contributed by atoms with van der Waals surface area (Å²) in [5.74, 6) is -1.30. The van der Waals surface area contributed by atoms with Crippen LogP contribution in [0.4, 0.5) is 5.69 Å². The molecule has 116 valence electrons. The van der Waals surface area contributed by atoms with Gasteiger partial charge >= 0.3 is 11.8 Å². The molecule has 0 spiro atoms. The number of hydrogen-bond acceptors (Lipinski definition) is 3. The minimum atomic E-state index is -0.710. The molecule has 5 heteroatoms. The van der Waals surface area contributed by atoms with E-state index in [0.717, 1.165) is 24.8 Å². The zero-order valence-corrected chi connectivity index (χ0v) is 13.0. The SMILES string of the molecule is CCCCN(CCC)C(=O)C(=O)Nc1ccc(C)cc1O. The number of unbranched alkanes of at least 4 members (excludes halogenated alkanes) is 1. The van der Waals surface area contributed by atoms with E-state index in [1.54, 1.807) is 23.1 Å². The van der Waals surface area contributed by atoms with Gasteiger partial charge in [0, 0.05) is 13.1 Å². The zero-order chi connectivity index (χ0) is 15.8. The number of carbonyl (C=O) groups excluding carboxylic acids is 2. The van der Waals surface area contributed by atoms with Crippen LogP contribution < -0.4 is 5.32 Å². The lowest BCUT2D eigenvalue weighted by Crippen LogP contribution is -2.40. The van der Waals surface area contributed by atoms with Crippen LogP contribution in [0.2, 0.25) is 0 Å². The summed E-state index contributed by atoms with van der Waals surface area (Å²) < 4.78 is 0. The van der Waals surface area contributed by atoms with Crippen LogP contribution in [0, 0.1) is 6.92 Å². The van der Waals surface area contributed by atoms with Crippen LogP contribution in [-0.4, -0.2) is 34.9 Å². The summed E-state index contributed by atoms with van der Waals surface area (Å²) in [5, 5.41) is 12.2. The molecule has 1 aromatic carbocycles. The quantitative estimate of drug-likeness (QED) is 0.625. The molecule has 0 unspecified atom stereocenters. The molecular formula is C16H24N2O3. The Balaban J connectivity index is 2.73. The molecule has 0 heterocycles. The van der Waals surface area contributed by atoms with Crippen molar-refractivity contribution >= 4 is 17.5 Å². The number of nitrogens with zero attached hydrogens (tertiary/aromatic N) is 1. The number of aromatic hydroxyl groups is 1. The predicted molar refractivity (Wildman–Crippen MR) is 83.3 cm³/mol. The lowest BCUT2D eigenvalue weighted by molar-refractivity contribution is -0.143. The highest BCUT2D eigenvalue weighted by Crippen LogP contribution is 2.23. The van der Waals surface area contributed by atoms with Crippen molar-refractivity contribution in [2.75, 3.05) is 18.4 Å². The van der Waals surface area contributed by atoms with Crippen LogP contribution in [0.3, 0.4) is 0 Å². The second-order valence-corrected chi connectivity index (χ2v) is 5.12. The first-order valence-electron chi connectivity index (χ1n) is 7.39. The summed E-state index contributed by atoms with van der Waals surface area (Å²) in [4.78, 5) is 25.7. The van der Waals surface area contributed by atoms with E-state index in [0.29, 0.717) is 13.1 Å². The predicted octanol–water partition coefficient (Wildman–Crippen LogP) is 2.68. The minimum Gasteiger partial charge on any atom is -0.506 e. The summed E-state index contributed by atoms with van der Waals surface area (Å²) in [7, 11) is 0. The average Bonchev–Trinajstić information content (AvgIpc) is 2.45. The molecule has 0 aliphatic rings. The van der Waals surface area contributed by atoms with Gasteiger partial charge < -0.3 is 15.3 Å². The van der Waals surface area contributed by atoms with Crippen molar-refractivity contribution in [1.82, 2.24) is 4.90 Å². The van der Waals surface area contributed by atoms with Crippen LogP contribution >= 0.6 is 0 Å². The van der Waals surface area contributed by atoms with E-state index in [-0.39, 0.29) is 11.4 Å². The number of amides is 2. The van der Waals surface area contributed by atoms with Gasteiger partial charge in [0.1, 0.15) is 5.75 Å². The lowest BCUT2D eigenvalue weighted by Gasteiger charge is -2.21. The third-order valence-electron chi connectivity index (χ3n) is 3.16. The molecule has 0 bridgehead atoms. The topological polar surface area (TPSA) is 69.6 Å². The fraction of sp³-hybridized carbons (Fsp3) is 0.500. The van der Waals surface area contributed by atoms with Crippen LogP contribution in [0.1, 0.15) is 38.7 Å². The Morgan fingerprint density at radius 3 is 2.48 bits per heavy atom. The molecule has 2 N–H and O–H groups in total. The smallest absolute Gasteiger partial charge is 0.314 e. The summed E-state index contributed by atoms with van der Waals surface area (Å²) in [5.41, 5.74) is 1.14. The van der Waals surface area contributed by atoms with Gasteiger partial charge in [-0.3, -0.25) is 9.59 Å². The van der Waals surface area contributed by atoms with Gasteiger partial charge in [0.2, 0.25) is 0 Å². The first-order valence-corrected chi connectivity index (χ1v) is 7.39. The lowest BCUT2D eigenvalue weighted by atomic mass is 10.2. The van der Waals surface area contributed by atoms with Crippen LogP contribution in [0.25, 0.3) is 0 Å². The molecule has 0 aliphatic carbocycles. The molecule has 0 saturated heterocycles.